The van der Waals surface area contributed by atoms with Gasteiger partial charge in [-0.3, -0.25) is 9.36 Å². The van der Waals surface area contributed by atoms with Gasteiger partial charge in [0, 0.05) is 18.8 Å². The number of aromatic nitrogens is 3. The van der Waals surface area contributed by atoms with Crippen molar-refractivity contribution in [3.05, 3.63) is 10.5 Å². The standard InChI is InChI=1S/C10H18N4O3S/c1-6(2)11-7(8(15)16)4-5-18-10-13-12-9(17)14(10)3/h6-7,11H,4-5H2,1-3H3,(H,12,17)(H,15,16). The van der Waals surface area contributed by atoms with Crippen LogP contribution in [0, 0.1) is 0 Å². The summed E-state index contributed by atoms with van der Waals surface area (Å²) in [6.45, 7) is 3.81. The zero-order valence-electron chi connectivity index (χ0n) is 10.6. The molecule has 0 aliphatic rings. The fourth-order valence-electron chi connectivity index (χ4n) is 1.41. The quantitative estimate of drug-likeness (QED) is 0.607. The Kier molecular flexibility index (Phi) is 5.42. The number of nitrogens with one attached hydrogen (secondary N) is 2. The van der Waals surface area contributed by atoms with Crippen LogP contribution in [0.15, 0.2) is 9.95 Å². The van der Waals surface area contributed by atoms with Gasteiger partial charge in [-0.1, -0.05) is 25.6 Å². The highest BCUT2D eigenvalue weighted by Gasteiger charge is 2.18. The molecule has 0 bridgehead atoms. The first-order chi connectivity index (χ1) is 8.41. The molecular weight excluding hydrogens is 256 g/mol. The summed E-state index contributed by atoms with van der Waals surface area (Å²) in [5.74, 6) is -0.283. The molecule has 1 aromatic heterocycles. The van der Waals surface area contributed by atoms with Crippen LogP contribution in [0.1, 0.15) is 20.3 Å². The number of thioether (sulfide) groups is 1. The first-order valence-corrected chi connectivity index (χ1v) is 6.63. The second-order valence-electron chi connectivity index (χ2n) is 4.22. The third-order valence-electron chi connectivity index (χ3n) is 2.31. The van der Waals surface area contributed by atoms with Crippen molar-refractivity contribution < 1.29 is 9.90 Å². The van der Waals surface area contributed by atoms with Crippen molar-refractivity contribution in [2.75, 3.05) is 5.75 Å². The summed E-state index contributed by atoms with van der Waals surface area (Å²) in [5.41, 5.74) is -0.271. The lowest BCUT2D eigenvalue weighted by Crippen LogP contribution is -2.41. The minimum atomic E-state index is -0.861. The molecule has 0 aliphatic heterocycles. The smallest absolute Gasteiger partial charge is 0.343 e. The molecule has 0 aromatic carbocycles. The zero-order chi connectivity index (χ0) is 13.7. The molecule has 102 valence electrons. The Hall–Kier alpha value is -1.28. The maximum atomic E-state index is 11.1. The van der Waals surface area contributed by atoms with Crippen molar-refractivity contribution >= 4 is 17.7 Å². The maximum absolute atomic E-state index is 11.1. The molecule has 1 atom stereocenters. The van der Waals surface area contributed by atoms with E-state index in [0.717, 1.165) is 0 Å². The van der Waals surface area contributed by atoms with Gasteiger partial charge in [0.05, 0.1) is 0 Å². The Morgan fingerprint density at radius 2 is 2.28 bits per heavy atom. The van der Waals surface area contributed by atoms with Gasteiger partial charge in [0.1, 0.15) is 6.04 Å². The van der Waals surface area contributed by atoms with Crippen LogP contribution < -0.4 is 11.0 Å². The van der Waals surface area contributed by atoms with E-state index in [2.05, 4.69) is 15.5 Å². The molecule has 0 spiro atoms. The highest BCUT2D eigenvalue weighted by Crippen LogP contribution is 2.14. The molecule has 7 nitrogen and oxygen atoms in total. The molecule has 18 heavy (non-hydrogen) atoms. The molecule has 1 heterocycles. The number of hydrogen-bond donors (Lipinski definition) is 3. The van der Waals surface area contributed by atoms with Gasteiger partial charge in [-0.2, -0.15) is 0 Å². The molecule has 0 saturated heterocycles. The number of rotatable bonds is 7. The summed E-state index contributed by atoms with van der Waals surface area (Å²) in [5, 5.41) is 18.7. The first-order valence-electron chi connectivity index (χ1n) is 5.65. The number of carbonyl (C=O) groups is 1. The number of hydrogen-bond acceptors (Lipinski definition) is 5. The second kappa shape index (κ2) is 6.60. The van der Waals surface area contributed by atoms with Crippen molar-refractivity contribution in [1.29, 1.82) is 0 Å². The number of carboxylic acid groups (broad SMARTS) is 1. The van der Waals surface area contributed by atoms with Crippen LogP contribution in [0.5, 0.6) is 0 Å². The monoisotopic (exact) mass is 274 g/mol. The van der Waals surface area contributed by atoms with Gasteiger partial charge < -0.3 is 10.4 Å². The van der Waals surface area contributed by atoms with E-state index in [9.17, 15) is 9.59 Å². The molecule has 0 radical (unpaired) electrons. The zero-order valence-corrected chi connectivity index (χ0v) is 11.5. The predicted octanol–water partition coefficient (Wildman–Crippen LogP) is 0.0418. The molecular formula is C10H18N4O3S. The van der Waals surface area contributed by atoms with Crippen molar-refractivity contribution in [2.45, 2.75) is 37.5 Å². The van der Waals surface area contributed by atoms with Crippen molar-refractivity contribution in [3.8, 4) is 0 Å². The predicted molar refractivity (Wildman–Crippen MR) is 68.9 cm³/mol. The van der Waals surface area contributed by atoms with Crippen LogP contribution in [-0.4, -0.2) is 43.7 Å². The summed E-state index contributed by atoms with van der Waals surface area (Å²) >= 11 is 1.36. The Morgan fingerprint density at radius 3 is 2.72 bits per heavy atom. The molecule has 0 aliphatic carbocycles. The van der Waals surface area contributed by atoms with E-state index in [0.29, 0.717) is 17.3 Å². The van der Waals surface area contributed by atoms with E-state index in [1.807, 2.05) is 13.8 Å². The summed E-state index contributed by atoms with van der Waals surface area (Å²) in [4.78, 5) is 22.1. The average molecular weight is 274 g/mol. The fourth-order valence-corrected chi connectivity index (χ4v) is 2.33. The van der Waals surface area contributed by atoms with Crippen molar-refractivity contribution in [2.24, 2.45) is 7.05 Å². The number of nitrogens with zero attached hydrogens (tertiary/aromatic N) is 2. The molecule has 8 heteroatoms. The lowest BCUT2D eigenvalue weighted by atomic mass is 10.2. The molecule has 1 rings (SSSR count). The fraction of sp³-hybridized carbons (Fsp3) is 0.700. The van der Waals surface area contributed by atoms with E-state index < -0.39 is 12.0 Å². The van der Waals surface area contributed by atoms with Crippen LogP contribution in [-0.2, 0) is 11.8 Å². The van der Waals surface area contributed by atoms with Crippen LogP contribution >= 0.6 is 11.8 Å². The summed E-state index contributed by atoms with van der Waals surface area (Å²) in [6.07, 6.45) is 0.471. The second-order valence-corrected chi connectivity index (χ2v) is 5.28. The normalized spacial score (nSPS) is 12.9. The Morgan fingerprint density at radius 1 is 1.61 bits per heavy atom. The van der Waals surface area contributed by atoms with Gasteiger partial charge in [-0.25, -0.2) is 9.89 Å². The van der Waals surface area contributed by atoms with Gasteiger partial charge in [0.25, 0.3) is 0 Å². The molecule has 0 saturated carbocycles. The van der Waals surface area contributed by atoms with Crippen molar-refractivity contribution in [3.63, 3.8) is 0 Å². The molecule has 0 fully saturated rings. The molecule has 0 amide bonds. The summed E-state index contributed by atoms with van der Waals surface area (Å²) in [6, 6.07) is -0.459. The van der Waals surface area contributed by atoms with Crippen LogP contribution in [0.3, 0.4) is 0 Å². The van der Waals surface area contributed by atoms with E-state index in [4.69, 9.17) is 5.11 Å². The topological polar surface area (TPSA) is 100 Å². The number of carboxylic acids is 1. The molecule has 1 aromatic rings. The summed E-state index contributed by atoms with van der Waals surface area (Å²) < 4.78 is 1.40. The molecule has 1 unspecified atom stereocenters. The van der Waals surface area contributed by atoms with Gasteiger partial charge in [0.2, 0.25) is 0 Å². The Labute approximate surface area is 109 Å². The maximum Gasteiger partial charge on any atom is 0.343 e. The molecule has 3 N–H and O–H groups in total. The Bertz CT molecular complexity index is 454. The van der Waals surface area contributed by atoms with Crippen LogP contribution in [0.25, 0.3) is 0 Å². The first kappa shape index (κ1) is 14.8. The van der Waals surface area contributed by atoms with E-state index in [1.165, 1.54) is 16.3 Å². The number of aromatic amines is 1. The van der Waals surface area contributed by atoms with E-state index in [1.54, 1.807) is 7.05 Å². The van der Waals surface area contributed by atoms with E-state index in [-0.39, 0.29) is 11.7 Å². The Balaban J connectivity index is 2.46. The minimum absolute atomic E-state index is 0.117. The highest BCUT2D eigenvalue weighted by molar-refractivity contribution is 7.99. The van der Waals surface area contributed by atoms with Crippen LogP contribution in [0.4, 0.5) is 0 Å². The number of aliphatic carboxylic acids is 1. The highest BCUT2D eigenvalue weighted by atomic mass is 32.2. The van der Waals surface area contributed by atoms with Gasteiger partial charge >= 0.3 is 11.7 Å². The third kappa shape index (κ3) is 4.19. The van der Waals surface area contributed by atoms with Crippen molar-refractivity contribution in [1.82, 2.24) is 20.1 Å². The van der Waals surface area contributed by atoms with Crippen LogP contribution in [0.2, 0.25) is 0 Å². The van der Waals surface area contributed by atoms with E-state index >= 15 is 0 Å². The largest absolute Gasteiger partial charge is 0.480 e. The third-order valence-corrected chi connectivity index (χ3v) is 3.37. The van der Waals surface area contributed by atoms with Gasteiger partial charge in [0.15, 0.2) is 5.16 Å². The summed E-state index contributed by atoms with van der Waals surface area (Å²) in [7, 11) is 1.62. The lowest BCUT2D eigenvalue weighted by molar-refractivity contribution is -0.139. The van der Waals surface area contributed by atoms with Gasteiger partial charge in [-0.15, -0.1) is 5.10 Å². The minimum Gasteiger partial charge on any atom is -0.480 e. The van der Waals surface area contributed by atoms with Gasteiger partial charge in [-0.05, 0) is 6.42 Å². The lowest BCUT2D eigenvalue weighted by Gasteiger charge is -2.16. The SMILES string of the molecule is CC(C)NC(CCSc1n[nH]c(=O)n1C)C(=O)O. The number of H-pyrrole nitrogens is 1. The average Bonchev–Trinajstić information content (AvgIpc) is 2.58.